The summed E-state index contributed by atoms with van der Waals surface area (Å²) >= 11 is 0. The lowest BCUT2D eigenvalue weighted by atomic mass is 9.31. The van der Waals surface area contributed by atoms with E-state index in [0.29, 0.717) is 100 Å². The van der Waals surface area contributed by atoms with E-state index < -0.39 is 185 Å². The van der Waals surface area contributed by atoms with Crippen LogP contribution in [-0.2, 0) is 10.8 Å². The first kappa shape index (κ1) is 52.8. The number of hydrogen-bond donors (Lipinski definition) is 0. The minimum Gasteiger partial charge on any atom is -0.456 e. The fourth-order valence-corrected chi connectivity index (χ4v) is 19.6. The molecular formula is C116H82B2N4O2. The number of anilines is 6. The summed E-state index contributed by atoms with van der Waals surface area (Å²) in [5.74, 6) is 0.336. The zero-order chi connectivity index (χ0) is 102. The molecule has 6 nitrogen and oxygen atoms in total. The monoisotopic (exact) mass is 1610 g/mol. The average Bonchev–Trinajstić information content (AvgIpc) is 1.08. The Balaban J connectivity index is 0.962. The van der Waals surface area contributed by atoms with Crippen molar-refractivity contribution in [3.63, 3.8) is 0 Å². The Hall–Kier alpha value is -15.1. The van der Waals surface area contributed by atoms with Gasteiger partial charge in [0.2, 0.25) is 0 Å². The Labute approximate surface area is 752 Å². The van der Waals surface area contributed by atoms with Crippen molar-refractivity contribution in [2.24, 2.45) is 0 Å². The highest BCUT2D eigenvalue weighted by Gasteiger charge is 2.51. The number of para-hydroxylation sites is 5. The molecule has 4 aliphatic rings. The van der Waals surface area contributed by atoms with Crippen LogP contribution in [0.25, 0.3) is 155 Å². The van der Waals surface area contributed by atoms with E-state index in [1.165, 1.54) is 0 Å². The Bertz CT molecular complexity index is 9250. The molecule has 25 rings (SSSR count). The molecule has 3 aromatic heterocycles. The zero-order valence-electron chi connectivity index (χ0n) is 90.0. The van der Waals surface area contributed by atoms with Crippen LogP contribution in [-0.4, -0.2) is 22.6 Å². The lowest BCUT2D eigenvalue weighted by molar-refractivity contribution is 0.489. The molecule has 0 bridgehead atoms. The first-order valence-electron chi connectivity index (χ1n) is 52.6. The zero-order valence-corrected chi connectivity index (χ0v) is 68.0. The normalized spacial score (nSPS) is 15.6. The highest BCUT2D eigenvalue weighted by Crippen LogP contribution is 2.59. The topological polar surface area (TPSA) is 38.7 Å². The van der Waals surface area contributed by atoms with Crippen LogP contribution in [0.4, 0.5) is 34.1 Å². The van der Waals surface area contributed by atoms with Gasteiger partial charge in [0.25, 0.3) is 13.4 Å². The van der Waals surface area contributed by atoms with Gasteiger partial charge in [-0.1, -0.05) is 338 Å². The van der Waals surface area contributed by atoms with Crippen molar-refractivity contribution in [1.29, 1.82) is 0 Å². The molecule has 0 amide bonds. The molecule has 18 aromatic carbocycles. The summed E-state index contributed by atoms with van der Waals surface area (Å²) in [6.45, 7) is 10.1. The van der Waals surface area contributed by atoms with Crippen molar-refractivity contribution in [2.75, 3.05) is 9.80 Å². The van der Waals surface area contributed by atoms with Gasteiger partial charge >= 0.3 is 0 Å². The number of furan rings is 1. The summed E-state index contributed by atoms with van der Waals surface area (Å²) in [6, 6.07) is 68.4. The van der Waals surface area contributed by atoms with E-state index in [-0.39, 0.29) is 77.5 Å². The summed E-state index contributed by atoms with van der Waals surface area (Å²) in [4.78, 5) is 4.21. The predicted molar refractivity (Wildman–Crippen MR) is 523 cm³/mol. The van der Waals surface area contributed by atoms with Crippen LogP contribution in [0, 0.1) is 0 Å². The summed E-state index contributed by atoms with van der Waals surface area (Å²) < 4.78 is 242. The Morgan fingerprint density at radius 1 is 0.298 bits per heavy atom. The fourth-order valence-electron chi connectivity index (χ4n) is 19.6. The van der Waals surface area contributed by atoms with E-state index in [1.54, 1.807) is 4.57 Å². The summed E-state index contributed by atoms with van der Waals surface area (Å²) in [5, 5.41) is 0.510. The molecule has 21 aromatic rings. The maximum atomic E-state index is 12.3. The van der Waals surface area contributed by atoms with Gasteiger partial charge in [0.05, 0.1) is 63.8 Å². The third kappa shape index (κ3) is 10.8. The molecule has 0 saturated carbocycles. The fraction of sp³-hybridized carbons (Fsp3) is 0.0690. The van der Waals surface area contributed by atoms with Crippen LogP contribution in [0.15, 0.2) is 392 Å². The SMILES string of the molecule is [2H]c1c([2H])c([2H])c(-c2c([2H])c([2H])c3c(c2[2H])c2c([2H])c([2H])c([2H])c4c2n3-c2cc3c(c5c2B4c2ccc(-c4ccccc4)cc2O5)N(c2c(-c4ccccc4)cc(C(C)(C)C)cc2-c2ccccc2)c2cc(-c4cccc5c4oc4ccccc45)cc4c2B3c2c([2H])c([2H])c(-n3c5c([2H])c([2H])c([2H])c([2H])c5c5c([2H])c([2H])c([2H])c([2H])c53)c([2H])c2N4c2c(-c3ccccc3)cc(C(C)(C)C)cc2-c2ccccc2)c([2H])c1[2H]. The molecule has 0 atom stereocenters. The number of hydrogen-bond acceptors (Lipinski definition) is 4. The molecular weight excluding hydrogens is 1500 g/mol. The van der Waals surface area contributed by atoms with Crippen molar-refractivity contribution >= 4 is 146 Å². The second-order valence-electron chi connectivity index (χ2n) is 34.4. The molecule has 0 unspecified atom stereocenters. The van der Waals surface area contributed by atoms with Crippen LogP contribution >= 0.6 is 0 Å². The smallest absolute Gasteiger partial charge is 0.256 e. The molecule has 584 valence electrons. The lowest BCUT2D eigenvalue weighted by Gasteiger charge is -2.47. The highest BCUT2D eigenvalue weighted by molar-refractivity contribution is 7.02. The molecule has 0 fully saturated rings. The molecule has 124 heavy (non-hydrogen) atoms. The van der Waals surface area contributed by atoms with E-state index in [4.69, 9.17) is 13.3 Å². The minimum absolute atomic E-state index is 0.0280. The van der Waals surface area contributed by atoms with E-state index >= 15 is 0 Å². The third-order valence-corrected chi connectivity index (χ3v) is 25.4. The van der Waals surface area contributed by atoms with Gasteiger partial charge < -0.3 is 28.1 Å². The Morgan fingerprint density at radius 2 is 0.831 bits per heavy atom. The molecule has 0 saturated heterocycles. The molecule has 4 aliphatic heterocycles. The summed E-state index contributed by atoms with van der Waals surface area (Å²) in [7, 11) is 0. The van der Waals surface area contributed by atoms with Crippen LogP contribution in [0.5, 0.6) is 11.5 Å². The summed E-state index contributed by atoms with van der Waals surface area (Å²) in [5.41, 5.74) is 10.7. The second kappa shape index (κ2) is 27.2. The van der Waals surface area contributed by atoms with Crippen molar-refractivity contribution in [1.82, 2.24) is 9.13 Å². The second-order valence-corrected chi connectivity index (χ2v) is 34.4. The van der Waals surface area contributed by atoms with Crippen molar-refractivity contribution in [2.45, 2.75) is 52.4 Å². The van der Waals surface area contributed by atoms with Gasteiger partial charge in [0.15, 0.2) is 0 Å². The third-order valence-electron chi connectivity index (χ3n) is 25.4. The molecule has 7 heterocycles. The molecule has 0 radical (unpaired) electrons. The van der Waals surface area contributed by atoms with Gasteiger partial charge in [-0.05, 0) is 196 Å². The number of benzene rings is 18. The van der Waals surface area contributed by atoms with Crippen molar-refractivity contribution < 1.29 is 39.3 Å². The number of ether oxygens (including phenoxy) is 1. The first-order valence-corrected chi connectivity index (χ1v) is 41.6. The highest BCUT2D eigenvalue weighted by atomic mass is 16.5. The quantitative estimate of drug-likeness (QED) is 0.128. The molecule has 0 spiro atoms. The number of nitrogens with zero attached hydrogens (tertiary/aromatic N) is 4. The van der Waals surface area contributed by atoms with Crippen molar-refractivity contribution in [3.8, 4) is 101 Å². The maximum Gasteiger partial charge on any atom is 0.256 e. The molecule has 0 aliphatic carbocycles. The molecule has 0 N–H and O–H groups in total. The van der Waals surface area contributed by atoms with Crippen LogP contribution < -0.4 is 47.3 Å². The maximum absolute atomic E-state index is 12.3. The van der Waals surface area contributed by atoms with Gasteiger partial charge in [-0.25, -0.2) is 0 Å². The van der Waals surface area contributed by atoms with Crippen LogP contribution in [0.2, 0.25) is 0 Å². The minimum atomic E-state index is -1.53. The molecule has 8 heteroatoms. The predicted octanol–water partition coefficient (Wildman–Crippen LogP) is 27.1. The van der Waals surface area contributed by atoms with Gasteiger partial charge in [-0.15, -0.1) is 0 Å². The standard InChI is InChI=1S/C116H82B2N4O2/c1-115(2,3)80-65-89(73-37-17-9-18-38-73)109(90(66-80)74-39-19-10-20-40-74)121-101-69-82(119-98-52-28-25-45-84(98)85-46-26-29-53-99(85)119)57-59-94(101)117-97-70-104-108-114(124-106-64-78(72-35-15-8-16-36-72)55-58-95(106)118(108)96-51-32-49-87-93-61-77(71-33-13-7-14-34-71)56-60-100(93)120(104)111(87)96)112(97)122(103-63-79(62-102(121)107(103)117)83-48-31-50-88-86-47-27-30-54-105(86)123-113(83)88)110-91(75-41-21-11-22-42-75)67-81(116(4,5)6)68-92(110)76-43-23-12-24-44-76/h7-70H,1-6H3/i7D,13D,14D,25D,26D,28D,29D,32D,33D,34D,45D,46D,49D,51D,52D,53D,56D,57D,59D,60D,61D,69D. The van der Waals surface area contributed by atoms with Gasteiger partial charge in [-0.2, -0.15) is 0 Å². The Morgan fingerprint density at radius 3 is 1.44 bits per heavy atom. The summed E-state index contributed by atoms with van der Waals surface area (Å²) in [6.07, 6.45) is 0. The number of aromatic nitrogens is 2. The van der Waals surface area contributed by atoms with Crippen molar-refractivity contribution in [3.05, 3.63) is 399 Å². The van der Waals surface area contributed by atoms with Gasteiger partial charge in [0.1, 0.15) is 22.7 Å². The average molecular weight is 1610 g/mol. The van der Waals surface area contributed by atoms with E-state index in [9.17, 15) is 26.0 Å². The van der Waals surface area contributed by atoms with E-state index in [0.717, 1.165) is 43.2 Å². The van der Waals surface area contributed by atoms with Gasteiger partial charge in [0, 0.05) is 94.1 Å². The van der Waals surface area contributed by atoms with E-state index in [1.807, 2.05) is 199 Å². The number of fused-ring (bicyclic) bond motifs is 18. The lowest BCUT2D eigenvalue weighted by Crippen LogP contribution is -2.64. The van der Waals surface area contributed by atoms with Crippen LogP contribution in [0.1, 0.15) is 82.8 Å². The Kier molecular flexibility index (Phi) is 11.6. The number of rotatable bonds is 10. The van der Waals surface area contributed by atoms with E-state index in [2.05, 4.69) is 107 Å². The van der Waals surface area contributed by atoms with Gasteiger partial charge in [-0.3, -0.25) is 0 Å². The van der Waals surface area contributed by atoms with Crippen LogP contribution in [0.3, 0.4) is 0 Å². The largest absolute Gasteiger partial charge is 0.456 e. The first-order chi connectivity index (χ1) is 70.0.